The van der Waals surface area contributed by atoms with Crippen molar-refractivity contribution in [2.45, 2.75) is 19.4 Å². The van der Waals surface area contributed by atoms with Gasteiger partial charge in [-0.3, -0.25) is 5.84 Å². The Morgan fingerprint density at radius 3 is 2.72 bits per heavy atom. The first kappa shape index (κ1) is 12.7. The van der Waals surface area contributed by atoms with Gasteiger partial charge in [0.25, 0.3) is 0 Å². The third kappa shape index (κ3) is 2.55. The smallest absolute Gasteiger partial charge is 0.125 e. The zero-order valence-corrected chi connectivity index (χ0v) is 10.6. The van der Waals surface area contributed by atoms with Crippen LogP contribution in [0.25, 0.3) is 0 Å². The van der Waals surface area contributed by atoms with Crippen LogP contribution in [-0.4, -0.2) is 7.11 Å². The maximum atomic E-state index is 5.62. The largest absolute Gasteiger partial charge is 0.496 e. The highest BCUT2D eigenvalue weighted by Crippen LogP contribution is 2.26. The number of nitrogens with two attached hydrogens (primary N) is 1. The van der Waals surface area contributed by atoms with Crippen molar-refractivity contribution in [1.82, 2.24) is 5.43 Å². The topological polar surface area (TPSA) is 60.4 Å². The standard InChI is InChI=1S/C14H18N2O2/c1-10-7-8-18-14(10)12(16-15)9-11-5-3-4-6-13(11)17-2/h3-8,12,16H,9,15H2,1-2H3. The summed E-state index contributed by atoms with van der Waals surface area (Å²) in [4.78, 5) is 0. The first-order chi connectivity index (χ1) is 8.76. The fraction of sp³-hybridized carbons (Fsp3) is 0.286. The van der Waals surface area contributed by atoms with Crippen molar-refractivity contribution in [3.8, 4) is 5.75 Å². The third-order valence-electron chi connectivity index (χ3n) is 3.04. The van der Waals surface area contributed by atoms with E-state index in [0.717, 1.165) is 29.1 Å². The molecule has 0 aliphatic rings. The molecule has 0 bridgehead atoms. The van der Waals surface area contributed by atoms with Gasteiger partial charge < -0.3 is 9.15 Å². The van der Waals surface area contributed by atoms with E-state index in [1.807, 2.05) is 37.3 Å². The number of methoxy groups -OCH3 is 1. The molecule has 0 fully saturated rings. The van der Waals surface area contributed by atoms with E-state index in [0.29, 0.717) is 0 Å². The second kappa shape index (κ2) is 5.71. The average molecular weight is 246 g/mol. The number of hydrazine groups is 1. The number of furan rings is 1. The number of rotatable bonds is 5. The maximum absolute atomic E-state index is 5.62. The Morgan fingerprint density at radius 2 is 2.11 bits per heavy atom. The van der Waals surface area contributed by atoms with E-state index < -0.39 is 0 Å². The fourth-order valence-corrected chi connectivity index (χ4v) is 2.06. The zero-order valence-electron chi connectivity index (χ0n) is 10.6. The maximum Gasteiger partial charge on any atom is 0.125 e. The highest BCUT2D eigenvalue weighted by molar-refractivity contribution is 5.35. The molecule has 1 aromatic heterocycles. The predicted octanol–water partition coefficient (Wildman–Crippen LogP) is 2.34. The fourth-order valence-electron chi connectivity index (χ4n) is 2.06. The molecule has 1 atom stereocenters. The predicted molar refractivity (Wildman–Crippen MR) is 70.2 cm³/mol. The van der Waals surface area contributed by atoms with Gasteiger partial charge in [-0.15, -0.1) is 0 Å². The Hall–Kier alpha value is -1.78. The monoisotopic (exact) mass is 246 g/mol. The van der Waals surface area contributed by atoms with Crippen LogP contribution in [-0.2, 0) is 6.42 Å². The van der Waals surface area contributed by atoms with Crippen molar-refractivity contribution in [3.63, 3.8) is 0 Å². The van der Waals surface area contributed by atoms with E-state index in [4.69, 9.17) is 15.0 Å². The Kier molecular flexibility index (Phi) is 4.02. The lowest BCUT2D eigenvalue weighted by Gasteiger charge is -2.16. The Labute approximate surface area is 107 Å². The molecule has 0 aliphatic carbocycles. The number of nitrogens with one attached hydrogen (secondary N) is 1. The normalized spacial score (nSPS) is 12.4. The molecule has 0 saturated heterocycles. The lowest BCUT2D eigenvalue weighted by Crippen LogP contribution is -2.29. The molecular formula is C14H18N2O2. The van der Waals surface area contributed by atoms with Gasteiger partial charge >= 0.3 is 0 Å². The lowest BCUT2D eigenvalue weighted by atomic mass is 10.0. The van der Waals surface area contributed by atoms with Crippen LogP contribution >= 0.6 is 0 Å². The van der Waals surface area contributed by atoms with Crippen molar-refractivity contribution < 1.29 is 9.15 Å². The zero-order chi connectivity index (χ0) is 13.0. The SMILES string of the molecule is COc1ccccc1CC(NN)c1occc1C. The van der Waals surface area contributed by atoms with E-state index in [2.05, 4.69) is 5.43 Å². The van der Waals surface area contributed by atoms with Crippen LogP contribution in [0.5, 0.6) is 5.75 Å². The Bertz CT molecular complexity index is 508. The van der Waals surface area contributed by atoms with Gasteiger partial charge in [0.2, 0.25) is 0 Å². The van der Waals surface area contributed by atoms with E-state index in [1.165, 1.54) is 0 Å². The van der Waals surface area contributed by atoms with Gasteiger partial charge in [-0.25, -0.2) is 5.43 Å². The molecule has 1 heterocycles. The number of para-hydroxylation sites is 1. The number of hydrogen-bond acceptors (Lipinski definition) is 4. The van der Waals surface area contributed by atoms with Gasteiger partial charge in [-0.05, 0) is 36.6 Å². The van der Waals surface area contributed by atoms with Crippen LogP contribution in [0, 0.1) is 6.92 Å². The Morgan fingerprint density at radius 1 is 1.33 bits per heavy atom. The van der Waals surface area contributed by atoms with E-state index >= 15 is 0 Å². The van der Waals surface area contributed by atoms with Gasteiger partial charge in [0.05, 0.1) is 19.4 Å². The van der Waals surface area contributed by atoms with Gasteiger partial charge in [-0.2, -0.15) is 0 Å². The van der Waals surface area contributed by atoms with Gasteiger partial charge in [0.1, 0.15) is 11.5 Å². The molecule has 0 aliphatic heterocycles. The summed E-state index contributed by atoms with van der Waals surface area (Å²) in [5.74, 6) is 7.35. The minimum absolute atomic E-state index is 0.0590. The minimum atomic E-state index is -0.0590. The lowest BCUT2D eigenvalue weighted by molar-refractivity contribution is 0.391. The highest BCUT2D eigenvalue weighted by atomic mass is 16.5. The molecule has 3 N–H and O–H groups in total. The second-order valence-corrected chi connectivity index (χ2v) is 4.20. The first-order valence-corrected chi connectivity index (χ1v) is 5.88. The van der Waals surface area contributed by atoms with Gasteiger partial charge in [0.15, 0.2) is 0 Å². The molecule has 0 radical (unpaired) electrons. The number of hydrogen-bond donors (Lipinski definition) is 2. The van der Waals surface area contributed by atoms with Crippen molar-refractivity contribution >= 4 is 0 Å². The summed E-state index contributed by atoms with van der Waals surface area (Å²) in [5, 5.41) is 0. The summed E-state index contributed by atoms with van der Waals surface area (Å²) >= 11 is 0. The van der Waals surface area contributed by atoms with Gasteiger partial charge in [-0.1, -0.05) is 18.2 Å². The van der Waals surface area contributed by atoms with Crippen LogP contribution in [0.4, 0.5) is 0 Å². The molecule has 18 heavy (non-hydrogen) atoms. The molecule has 96 valence electrons. The molecule has 2 rings (SSSR count). The van der Waals surface area contributed by atoms with E-state index in [9.17, 15) is 0 Å². The number of benzene rings is 1. The molecule has 0 amide bonds. The summed E-state index contributed by atoms with van der Waals surface area (Å²) in [6.07, 6.45) is 2.39. The van der Waals surface area contributed by atoms with Crippen LogP contribution in [0.3, 0.4) is 0 Å². The molecule has 2 aromatic rings. The summed E-state index contributed by atoms with van der Waals surface area (Å²) in [6, 6.07) is 9.78. The number of ether oxygens (including phenoxy) is 1. The first-order valence-electron chi connectivity index (χ1n) is 5.88. The van der Waals surface area contributed by atoms with E-state index in [-0.39, 0.29) is 6.04 Å². The van der Waals surface area contributed by atoms with Crippen molar-refractivity contribution in [2.24, 2.45) is 5.84 Å². The minimum Gasteiger partial charge on any atom is -0.496 e. The van der Waals surface area contributed by atoms with Crippen molar-refractivity contribution in [1.29, 1.82) is 0 Å². The molecular weight excluding hydrogens is 228 g/mol. The average Bonchev–Trinajstić information content (AvgIpc) is 2.82. The molecule has 1 aromatic carbocycles. The summed E-state index contributed by atoms with van der Waals surface area (Å²) < 4.78 is 10.8. The quantitative estimate of drug-likeness (QED) is 0.628. The third-order valence-corrected chi connectivity index (χ3v) is 3.04. The van der Waals surface area contributed by atoms with Crippen LogP contribution in [0.1, 0.15) is 22.9 Å². The summed E-state index contributed by atoms with van der Waals surface area (Å²) in [7, 11) is 1.67. The van der Waals surface area contributed by atoms with Crippen LogP contribution in [0.15, 0.2) is 41.0 Å². The van der Waals surface area contributed by atoms with Crippen molar-refractivity contribution in [3.05, 3.63) is 53.5 Å². The molecule has 1 unspecified atom stereocenters. The summed E-state index contributed by atoms with van der Waals surface area (Å²) in [6.45, 7) is 2.01. The second-order valence-electron chi connectivity index (χ2n) is 4.20. The molecule has 0 spiro atoms. The van der Waals surface area contributed by atoms with Crippen molar-refractivity contribution in [2.75, 3.05) is 7.11 Å². The van der Waals surface area contributed by atoms with Crippen LogP contribution < -0.4 is 16.0 Å². The highest BCUT2D eigenvalue weighted by Gasteiger charge is 2.17. The van der Waals surface area contributed by atoms with Gasteiger partial charge in [0, 0.05) is 0 Å². The Balaban J connectivity index is 2.23. The summed E-state index contributed by atoms with van der Waals surface area (Å²) in [5.41, 5.74) is 4.98. The molecule has 0 saturated carbocycles. The molecule has 4 heteroatoms. The van der Waals surface area contributed by atoms with Crippen LogP contribution in [0.2, 0.25) is 0 Å². The van der Waals surface area contributed by atoms with E-state index in [1.54, 1.807) is 13.4 Å². The molecule has 4 nitrogen and oxygen atoms in total. The number of aryl methyl sites for hydroxylation is 1.